The summed E-state index contributed by atoms with van der Waals surface area (Å²) in [6.07, 6.45) is 1.00. The second-order valence-electron chi connectivity index (χ2n) is 4.50. The number of anilines is 1. The molecule has 0 aliphatic carbocycles. The van der Waals surface area contributed by atoms with Gasteiger partial charge in [0.05, 0.1) is 11.3 Å². The van der Waals surface area contributed by atoms with Gasteiger partial charge in [-0.05, 0) is 24.5 Å². The van der Waals surface area contributed by atoms with E-state index in [9.17, 15) is 0 Å². The summed E-state index contributed by atoms with van der Waals surface area (Å²) in [4.78, 5) is 2.27. The largest absolute Gasteiger partial charge is 0.370 e. The Labute approximate surface area is 96.5 Å². The fourth-order valence-corrected chi connectivity index (χ4v) is 2.23. The van der Waals surface area contributed by atoms with Crippen LogP contribution in [0.15, 0.2) is 24.3 Å². The molecule has 1 aromatic carbocycles. The third-order valence-corrected chi connectivity index (χ3v) is 3.34. The summed E-state index contributed by atoms with van der Waals surface area (Å²) in [5, 5.41) is 9.07. The number of piperidine rings is 1. The van der Waals surface area contributed by atoms with E-state index in [2.05, 4.69) is 17.9 Å². The Hall–Kier alpha value is -1.53. The standard InChI is InChI=1S/C13H17N3/c1-10-9-16(7-6-12(10)15)13-5-3-2-4-11(13)8-14/h2-5,10,12H,6-7,9,15H2,1H3. The average Bonchev–Trinajstić information content (AvgIpc) is 2.32. The molecule has 0 bridgehead atoms. The first-order chi connectivity index (χ1) is 7.72. The van der Waals surface area contributed by atoms with Crippen LogP contribution in [-0.2, 0) is 0 Å². The summed E-state index contributed by atoms with van der Waals surface area (Å²) in [6, 6.07) is 10.3. The van der Waals surface area contributed by atoms with Crippen LogP contribution in [0.3, 0.4) is 0 Å². The van der Waals surface area contributed by atoms with Crippen molar-refractivity contribution in [2.24, 2.45) is 11.7 Å². The first kappa shape index (κ1) is 11.0. The fraction of sp³-hybridized carbons (Fsp3) is 0.462. The normalized spacial score (nSPS) is 25.2. The number of hydrogen-bond acceptors (Lipinski definition) is 3. The molecule has 2 atom stereocenters. The molecule has 1 heterocycles. The van der Waals surface area contributed by atoms with Crippen LogP contribution in [0, 0.1) is 17.2 Å². The van der Waals surface area contributed by atoms with E-state index in [0.29, 0.717) is 12.0 Å². The van der Waals surface area contributed by atoms with E-state index in [1.165, 1.54) is 0 Å². The van der Waals surface area contributed by atoms with Crippen molar-refractivity contribution in [1.82, 2.24) is 0 Å². The van der Waals surface area contributed by atoms with Crippen molar-refractivity contribution in [3.05, 3.63) is 29.8 Å². The maximum Gasteiger partial charge on any atom is 0.101 e. The van der Waals surface area contributed by atoms with Gasteiger partial charge in [-0.15, -0.1) is 0 Å². The highest BCUT2D eigenvalue weighted by Crippen LogP contribution is 2.25. The van der Waals surface area contributed by atoms with Crippen molar-refractivity contribution in [2.75, 3.05) is 18.0 Å². The Bertz CT molecular complexity index is 408. The minimum atomic E-state index is 0.297. The van der Waals surface area contributed by atoms with E-state index < -0.39 is 0 Å². The minimum Gasteiger partial charge on any atom is -0.370 e. The number of nitrogens with two attached hydrogens (primary N) is 1. The van der Waals surface area contributed by atoms with Crippen LogP contribution in [0.4, 0.5) is 5.69 Å². The third kappa shape index (κ3) is 2.02. The van der Waals surface area contributed by atoms with Gasteiger partial charge in [0.1, 0.15) is 6.07 Å². The predicted molar refractivity (Wildman–Crippen MR) is 65.1 cm³/mol. The van der Waals surface area contributed by atoms with E-state index in [-0.39, 0.29) is 0 Å². The lowest BCUT2D eigenvalue weighted by Crippen LogP contribution is -2.46. The molecular formula is C13H17N3. The van der Waals surface area contributed by atoms with Gasteiger partial charge in [0.2, 0.25) is 0 Å². The van der Waals surface area contributed by atoms with Crippen LogP contribution in [0.25, 0.3) is 0 Å². The summed E-state index contributed by atoms with van der Waals surface area (Å²) >= 11 is 0. The lowest BCUT2D eigenvalue weighted by molar-refractivity contribution is 0.383. The molecule has 0 radical (unpaired) electrons. The summed E-state index contributed by atoms with van der Waals surface area (Å²) in [5.74, 6) is 0.487. The molecule has 1 fully saturated rings. The number of benzene rings is 1. The Morgan fingerprint density at radius 3 is 2.88 bits per heavy atom. The molecule has 1 aliphatic heterocycles. The van der Waals surface area contributed by atoms with Crippen molar-refractivity contribution < 1.29 is 0 Å². The third-order valence-electron chi connectivity index (χ3n) is 3.34. The van der Waals surface area contributed by atoms with Crippen LogP contribution >= 0.6 is 0 Å². The lowest BCUT2D eigenvalue weighted by atomic mass is 9.94. The monoisotopic (exact) mass is 215 g/mol. The first-order valence-corrected chi connectivity index (χ1v) is 5.72. The zero-order valence-corrected chi connectivity index (χ0v) is 9.56. The maximum atomic E-state index is 9.07. The summed E-state index contributed by atoms with van der Waals surface area (Å²) in [7, 11) is 0. The van der Waals surface area contributed by atoms with Gasteiger partial charge in [-0.3, -0.25) is 0 Å². The van der Waals surface area contributed by atoms with Crippen LogP contribution in [0.5, 0.6) is 0 Å². The molecule has 1 aromatic rings. The summed E-state index contributed by atoms with van der Waals surface area (Å²) in [5.41, 5.74) is 7.80. The molecule has 16 heavy (non-hydrogen) atoms. The van der Waals surface area contributed by atoms with Crippen molar-refractivity contribution in [2.45, 2.75) is 19.4 Å². The van der Waals surface area contributed by atoms with E-state index in [1.807, 2.05) is 24.3 Å². The zero-order chi connectivity index (χ0) is 11.5. The number of nitrogens with zero attached hydrogens (tertiary/aromatic N) is 2. The van der Waals surface area contributed by atoms with Crippen LogP contribution in [0.1, 0.15) is 18.9 Å². The van der Waals surface area contributed by atoms with Gasteiger partial charge in [-0.25, -0.2) is 0 Å². The highest BCUT2D eigenvalue weighted by molar-refractivity contribution is 5.59. The SMILES string of the molecule is CC1CN(c2ccccc2C#N)CCC1N. The van der Waals surface area contributed by atoms with Gasteiger partial charge < -0.3 is 10.6 Å². The smallest absolute Gasteiger partial charge is 0.101 e. The highest BCUT2D eigenvalue weighted by atomic mass is 15.1. The second-order valence-corrected chi connectivity index (χ2v) is 4.50. The number of nitriles is 1. The predicted octanol–water partition coefficient (Wildman–Crippen LogP) is 1.73. The molecule has 2 unspecified atom stereocenters. The Morgan fingerprint density at radius 2 is 2.19 bits per heavy atom. The Balaban J connectivity index is 2.22. The maximum absolute atomic E-state index is 9.07. The van der Waals surface area contributed by atoms with Crippen LogP contribution in [-0.4, -0.2) is 19.1 Å². The average molecular weight is 215 g/mol. The summed E-state index contributed by atoms with van der Waals surface area (Å²) < 4.78 is 0. The molecule has 0 amide bonds. The molecule has 1 saturated heterocycles. The van der Waals surface area contributed by atoms with Gasteiger partial charge in [0.25, 0.3) is 0 Å². The molecule has 2 rings (SSSR count). The van der Waals surface area contributed by atoms with Gasteiger partial charge in [0, 0.05) is 19.1 Å². The number of rotatable bonds is 1. The van der Waals surface area contributed by atoms with Gasteiger partial charge in [-0.1, -0.05) is 19.1 Å². The lowest BCUT2D eigenvalue weighted by Gasteiger charge is -2.36. The van der Waals surface area contributed by atoms with E-state index in [1.54, 1.807) is 0 Å². The second kappa shape index (κ2) is 4.54. The highest BCUT2D eigenvalue weighted by Gasteiger charge is 2.24. The number of para-hydroxylation sites is 1. The minimum absolute atomic E-state index is 0.297. The van der Waals surface area contributed by atoms with Crippen LogP contribution in [0.2, 0.25) is 0 Å². The molecule has 0 spiro atoms. The van der Waals surface area contributed by atoms with Crippen molar-refractivity contribution in [3.63, 3.8) is 0 Å². The number of hydrogen-bond donors (Lipinski definition) is 1. The first-order valence-electron chi connectivity index (χ1n) is 5.72. The van der Waals surface area contributed by atoms with Gasteiger partial charge >= 0.3 is 0 Å². The van der Waals surface area contributed by atoms with E-state index in [4.69, 9.17) is 11.0 Å². The molecule has 3 heteroatoms. The molecule has 0 saturated carbocycles. The molecule has 3 nitrogen and oxygen atoms in total. The van der Waals surface area contributed by atoms with Crippen molar-refractivity contribution in [3.8, 4) is 6.07 Å². The quantitative estimate of drug-likeness (QED) is 0.776. The molecule has 84 valence electrons. The molecule has 1 aliphatic rings. The fourth-order valence-electron chi connectivity index (χ4n) is 2.23. The van der Waals surface area contributed by atoms with Gasteiger partial charge in [-0.2, -0.15) is 5.26 Å². The molecule has 0 aromatic heterocycles. The van der Waals surface area contributed by atoms with Gasteiger partial charge in [0.15, 0.2) is 0 Å². The van der Waals surface area contributed by atoms with E-state index >= 15 is 0 Å². The Kier molecular flexibility index (Phi) is 3.12. The topological polar surface area (TPSA) is 53.0 Å². The van der Waals surface area contributed by atoms with Crippen LogP contribution < -0.4 is 10.6 Å². The summed E-state index contributed by atoms with van der Waals surface area (Å²) in [6.45, 7) is 4.07. The Morgan fingerprint density at radius 1 is 1.44 bits per heavy atom. The molecular weight excluding hydrogens is 198 g/mol. The van der Waals surface area contributed by atoms with E-state index in [0.717, 1.165) is 30.8 Å². The van der Waals surface area contributed by atoms with Crippen molar-refractivity contribution >= 4 is 5.69 Å². The molecule has 2 N–H and O–H groups in total. The van der Waals surface area contributed by atoms with Crippen molar-refractivity contribution in [1.29, 1.82) is 5.26 Å². The zero-order valence-electron chi connectivity index (χ0n) is 9.56.